The van der Waals surface area contributed by atoms with Crippen LogP contribution >= 0.6 is 23.2 Å². The minimum absolute atomic E-state index is 0.140. The molecular formula is C26H31Cl2N7O3. The van der Waals surface area contributed by atoms with Gasteiger partial charge in [0.2, 0.25) is 5.82 Å². The maximum absolute atomic E-state index is 13.4. The van der Waals surface area contributed by atoms with Crippen LogP contribution in [0.2, 0.25) is 10.0 Å². The highest BCUT2D eigenvalue weighted by Gasteiger charge is 2.20. The van der Waals surface area contributed by atoms with E-state index in [1.165, 1.54) is 25.0 Å². The molecular weight excluding hydrogens is 529 g/mol. The molecule has 202 valence electrons. The summed E-state index contributed by atoms with van der Waals surface area (Å²) in [5, 5.41) is 18.1. The van der Waals surface area contributed by atoms with E-state index in [-0.39, 0.29) is 17.4 Å². The van der Waals surface area contributed by atoms with Crippen LogP contribution in [0.1, 0.15) is 36.2 Å². The summed E-state index contributed by atoms with van der Waals surface area (Å²) in [6.45, 7) is 4.90. The predicted octanol–water partition coefficient (Wildman–Crippen LogP) is 5.07. The van der Waals surface area contributed by atoms with Gasteiger partial charge >= 0.3 is 5.69 Å². The van der Waals surface area contributed by atoms with Gasteiger partial charge in [-0.15, -0.1) is 0 Å². The number of benzene rings is 1. The first kappa shape index (κ1) is 27.7. The first-order chi connectivity index (χ1) is 18.3. The zero-order chi connectivity index (χ0) is 27.1. The number of halogens is 2. The summed E-state index contributed by atoms with van der Waals surface area (Å²) < 4.78 is 1.91. The maximum atomic E-state index is 13.4. The zero-order valence-electron chi connectivity index (χ0n) is 21.0. The number of nitrogens with zero attached hydrogens (tertiary/aromatic N) is 4. The number of likely N-dealkylation sites (tertiary alicyclic amines) is 1. The largest absolute Gasteiger partial charge is 0.378 e. The number of nitrogens with two attached hydrogens (primary N) is 1. The van der Waals surface area contributed by atoms with Gasteiger partial charge in [-0.2, -0.15) is 0 Å². The Morgan fingerprint density at radius 1 is 1.05 bits per heavy atom. The summed E-state index contributed by atoms with van der Waals surface area (Å²) in [6, 6.07) is 9.97. The normalized spacial score (nSPS) is 13.5. The number of aromatic nitrogens is 2. The van der Waals surface area contributed by atoms with Crippen molar-refractivity contribution in [3.05, 3.63) is 68.4 Å². The molecule has 0 atom stereocenters. The number of rotatable bonds is 12. The van der Waals surface area contributed by atoms with E-state index in [2.05, 4.69) is 20.5 Å². The summed E-state index contributed by atoms with van der Waals surface area (Å²) >= 11 is 12.6. The lowest BCUT2D eigenvalue weighted by atomic mass is 10.1. The molecule has 0 radical (unpaired) electrons. The lowest BCUT2D eigenvalue weighted by Crippen LogP contribution is -2.30. The average Bonchev–Trinajstić information content (AvgIpc) is 3.54. The number of hydrogen-bond donors (Lipinski definition) is 3. The van der Waals surface area contributed by atoms with E-state index in [4.69, 9.17) is 28.9 Å². The van der Waals surface area contributed by atoms with Gasteiger partial charge < -0.3 is 25.8 Å². The molecule has 10 nitrogen and oxygen atoms in total. The molecule has 0 unspecified atom stereocenters. The summed E-state index contributed by atoms with van der Waals surface area (Å²) in [5.41, 5.74) is 7.45. The predicted molar refractivity (Wildman–Crippen MR) is 151 cm³/mol. The third-order valence-electron chi connectivity index (χ3n) is 6.52. The van der Waals surface area contributed by atoms with Crippen LogP contribution in [0.4, 0.5) is 17.3 Å². The highest BCUT2D eigenvalue weighted by atomic mass is 35.5. The van der Waals surface area contributed by atoms with Crippen LogP contribution in [0.25, 0.3) is 11.1 Å². The van der Waals surface area contributed by atoms with Crippen molar-refractivity contribution in [2.75, 3.05) is 43.8 Å². The fourth-order valence-electron chi connectivity index (χ4n) is 4.62. The number of amides is 1. The highest BCUT2D eigenvalue weighted by Crippen LogP contribution is 2.33. The standard InChI is InChI=1S/C26H31Cl2N7O3/c27-18-5-6-19(21(28)17-18)20-9-16-34(24(20)26(36)31-11-3-14-33-12-1-2-13-33)15-4-10-30-23-8-7-22(35(37)38)25(29)32-23/h5-9,16-17H,1-4,10-15H2,(H,31,36)(H3,29,30,32). The minimum Gasteiger partial charge on any atom is -0.378 e. The first-order valence-corrected chi connectivity index (χ1v) is 13.4. The van der Waals surface area contributed by atoms with Crippen LogP contribution in [0, 0.1) is 10.1 Å². The van der Waals surface area contributed by atoms with Gasteiger partial charge in [0.05, 0.1) is 4.92 Å². The van der Waals surface area contributed by atoms with Crippen molar-refractivity contribution >= 4 is 46.4 Å². The van der Waals surface area contributed by atoms with Gasteiger partial charge in [-0.05, 0) is 69.6 Å². The smallest absolute Gasteiger partial charge is 0.311 e. The van der Waals surface area contributed by atoms with Crippen molar-refractivity contribution in [3.8, 4) is 11.1 Å². The molecule has 0 aliphatic carbocycles. The number of carbonyl (C=O) groups excluding carboxylic acids is 1. The van der Waals surface area contributed by atoms with Crippen molar-refractivity contribution in [1.29, 1.82) is 0 Å². The molecule has 0 spiro atoms. The molecule has 0 saturated carbocycles. The summed E-state index contributed by atoms with van der Waals surface area (Å²) in [6.07, 6.45) is 5.91. The summed E-state index contributed by atoms with van der Waals surface area (Å²) in [4.78, 5) is 30.2. The first-order valence-electron chi connectivity index (χ1n) is 12.6. The van der Waals surface area contributed by atoms with Crippen LogP contribution in [0.15, 0.2) is 42.6 Å². The number of carbonyl (C=O) groups is 1. The molecule has 1 aliphatic rings. The monoisotopic (exact) mass is 559 g/mol. The fraction of sp³-hybridized carbons (Fsp3) is 0.385. The number of pyridine rings is 1. The Morgan fingerprint density at radius 3 is 2.53 bits per heavy atom. The quantitative estimate of drug-likeness (QED) is 0.160. The third kappa shape index (κ3) is 6.94. The molecule has 38 heavy (non-hydrogen) atoms. The number of nitrogens with one attached hydrogen (secondary N) is 2. The Hall–Kier alpha value is -3.34. The molecule has 0 bridgehead atoms. The van der Waals surface area contributed by atoms with E-state index in [0.717, 1.165) is 37.2 Å². The number of nitrogen functional groups attached to an aromatic ring is 1. The molecule has 2 aromatic heterocycles. The lowest BCUT2D eigenvalue weighted by Gasteiger charge is -2.16. The molecule has 3 heterocycles. The van der Waals surface area contributed by atoms with E-state index >= 15 is 0 Å². The second-order valence-corrected chi connectivity index (χ2v) is 10.0. The van der Waals surface area contributed by atoms with E-state index in [1.54, 1.807) is 12.1 Å². The Kier molecular flexibility index (Phi) is 9.43. The minimum atomic E-state index is -0.568. The van der Waals surface area contributed by atoms with E-state index in [9.17, 15) is 14.9 Å². The van der Waals surface area contributed by atoms with E-state index in [0.29, 0.717) is 47.6 Å². The Bertz CT molecular complexity index is 1290. The number of hydrogen-bond acceptors (Lipinski definition) is 7. The average molecular weight is 560 g/mol. The SMILES string of the molecule is Nc1nc(NCCCn2ccc(-c3ccc(Cl)cc3Cl)c2C(=O)NCCCN2CCCC2)ccc1[N+](=O)[O-]. The van der Waals surface area contributed by atoms with Gasteiger partial charge in [-0.25, -0.2) is 4.98 Å². The highest BCUT2D eigenvalue weighted by molar-refractivity contribution is 6.36. The van der Waals surface area contributed by atoms with Gasteiger partial charge in [0.1, 0.15) is 11.5 Å². The van der Waals surface area contributed by atoms with Crippen molar-refractivity contribution in [1.82, 2.24) is 19.8 Å². The van der Waals surface area contributed by atoms with Crippen LogP contribution in [0.3, 0.4) is 0 Å². The van der Waals surface area contributed by atoms with Gasteiger partial charge in [-0.1, -0.05) is 29.3 Å². The maximum Gasteiger partial charge on any atom is 0.311 e. The number of aryl methyl sites for hydroxylation is 1. The van der Waals surface area contributed by atoms with Crippen molar-refractivity contribution < 1.29 is 9.72 Å². The van der Waals surface area contributed by atoms with Crippen molar-refractivity contribution in [2.45, 2.75) is 32.2 Å². The Morgan fingerprint density at radius 2 is 1.82 bits per heavy atom. The van der Waals surface area contributed by atoms with Crippen LogP contribution in [-0.2, 0) is 6.54 Å². The summed E-state index contributed by atoms with van der Waals surface area (Å²) in [5.74, 6) is 0.152. The third-order valence-corrected chi connectivity index (χ3v) is 7.06. The molecule has 1 amide bonds. The molecule has 1 aromatic carbocycles. The lowest BCUT2D eigenvalue weighted by molar-refractivity contribution is -0.384. The Labute approximate surface area is 231 Å². The summed E-state index contributed by atoms with van der Waals surface area (Å²) in [7, 11) is 0. The second kappa shape index (κ2) is 12.9. The zero-order valence-corrected chi connectivity index (χ0v) is 22.5. The number of nitro groups is 1. The van der Waals surface area contributed by atoms with Crippen molar-refractivity contribution in [3.63, 3.8) is 0 Å². The van der Waals surface area contributed by atoms with Crippen LogP contribution in [-0.4, -0.2) is 58.0 Å². The molecule has 4 rings (SSSR count). The van der Waals surface area contributed by atoms with Gasteiger partial charge in [0.25, 0.3) is 5.91 Å². The van der Waals surface area contributed by atoms with Gasteiger partial charge in [-0.3, -0.25) is 14.9 Å². The van der Waals surface area contributed by atoms with Crippen LogP contribution in [0.5, 0.6) is 0 Å². The van der Waals surface area contributed by atoms with E-state index < -0.39 is 4.92 Å². The van der Waals surface area contributed by atoms with E-state index in [1.807, 2.05) is 22.9 Å². The molecule has 1 fully saturated rings. The van der Waals surface area contributed by atoms with Gasteiger partial charge in [0, 0.05) is 53.1 Å². The topological polar surface area (TPSA) is 131 Å². The molecule has 12 heteroatoms. The Balaban J connectivity index is 1.42. The van der Waals surface area contributed by atoms with Gasteiger partial charge in [0.15, 0.2) is 0 Å². The number of anilines is 2. The molecule has 4 N–H and O–H groups in total. The molecule has 3 aromatic rings. The van der Waals surface area contributed by atoms with Crippen molar-refractivity contribution in [2.24, 2.45) is 0 Å². The fourth-order valence-corrected chi connectivity index (χ4v) is 5.13. The molecule has 1 saturated heterocycles. The molecule has 1 aliphatic heterocycles. The second-order valence-electron chi connectivity index (χ2n) is 9.19. The van der Waals surface area contributed by atoms with Crippen LogP contribution < -0.4 is 16.4 Å².